The lowest BCUT2D eigenvalue weighted by Crippen LogP contribution is -1.78. The summed E-state index contributed by atoms with van der Waals surface area (Å²) in [4.78, 5) is 2.71. The van der Waals surface area contributed by atoms with Crippen molar-refractivity contribution in [2.45, 2.75) is 13.8 Å². The summed E-state index contributed by atoms with van der Waals surface area (Å²) in [6.45, 7) is 4.26. The lowest BCUT2D eigenvalue weighted by atomic mass is 10.1. The van der Waals surface area contributed by atoms with Crippen LogP contribution in [0, 0.1) is 13.8 Å². The molecule has 0 bridgehead atoms. The molecule has 2 aromatic carbocycles. The molecule has 2 aliphatic heterocycles. The SMILES string of the molecule is Cc1ccc(C2=CS/C(=C3\SC=C(c4ccc(C)cc4)S3)S2)cc1. The predicted molar refractivity (Wildman–Crippen MR) is 116 cm³/mol. The molecule has 0 nitrogen and oxygen atoms in total. The average molecular weight is 385 g/mol. The molecule has 120 valence electrons. The lowest BCUT2D eigenvalue weighted by molar-refractivity contribution is 1.46. The second-order valence-electron chi connectivity index (χ2n) is 5.71. The number of benzene rings is 2. The van der Waals surface area contributed by atoms with Crippen LogP contribution in [0.4, 0.5) is 0 Å². The van der Waals surface area contributed by atoms with Gasteiger partial charge < -0.3 is 0 Å². The molecule has 0 atom stereocenters. The number of aryl methyl sites for hydroxylation is 2. The van der Waals surface area contributed by atoms with Crippen molar-refractivity contribution in [1.29, 1.82) is 0 Å². The topological polar surface area (TPSA) is 0 Å². The van der Waals surface area contributed by atoms with Gasteiger partial charge in [0.2, 0.25) is 0 Å². The first-order valence-electron chi connectivity index (χ1n) is 7.67. The first-order chi connectivity index (χ1) is 11.7. The normalized spacial score (nSPS) is 20.2. The van der Waals surface area contributed by atoms with Crippen LogP contribution in [0.1, 0.15) is 22.3 Å². The molecule has 0 fully saturated rings. The Morgan fingerprint density at radius 2 is 0.917 bits per heavy atom. The number of hydrogen-bond acceptors (Lipinski definition) is 4. The van der Waals surface area contributed by atoms with Crippen LogP contribution in [0.15, 0.2) is 67.8 Å². The van der Waals surface area contributed by atoms with Crippen LogP contribution in [0.2, 0.25) is 0 Å². The van der Waals surface area contributed by atoms with Gasteiger partial charge in [0.1, 0.15) is 0 Å². The molecule has 2 heterocycles. The second kappa shape index (κ2) is 7.12. The van der Waals surface area contributed by atoms with Crippen LogP contribution in [-0.4, -0.2) is 0 Å². The highest BCUT2D eigenvalue weighted by Crippen LogP contribution is 2.58. The average Bonchev–Trinajstić information content (AvgIpc) is 3.25. The Bertz CT molecular complexity index is 782. The third-order valence-electron chi connectivity index (χ3n) is 3.79. The van der Waals surface area contributed by atoms with Crippen molar-refractivity contribution < 1.29 is 0 Å². The Morgan fingerprint density at radius 3 is 1.29 bits per heavy atom. The van der Waals surface area contributed by atoms with Gasteiger partial charge >= 0.3 is 0 Å². The van der Waals surface area contributed by atoms with E-state index in [0.29, 0.717) is 0 Å². The molecule has 4 heteroatoms. The van der Waals surface area contributed by atoms with Crippen LogP contribution >= 0.6 is 47.0 Å². The fraction of sp³-hybridized carbons (Fsp3) is 0.100. The summed E-state index contributed by atoms with van der Waals surface area (Å²) in [6.07, 6.45) is 0. The molecule has 0 aromatic heterocycles. The minimum atomic E-state index is 1.31. The van der Waals surface area contributed by atoms with Crippen LogP contribution < -0.4 is 0 Å². The first kappa shape index (κ1) is 16.5. The maximum absolute atomic E-state index is 2.28. The van der Waals surface area contributed by atoms with E-state index < -0.39 is 0 Å². The molecule has 0 spiro atoms. The molecule has 0 aliphatic carbocycles. The maximum atomic E-state index is 2.28. The van der Waals surface area contributed by atoms with Crippen LogP contribution in [0.5, 0.6) is 0 Å². The van der Waals surface area contributed by atoms with Gasteiger partial charge in [-0.25, -0.2) is 0 Å². The zero-order chi connectivity index (χ0) is 16.5. The minimum Gasteiger partial charge on any atom is -0.0878 e. The van der Waals surface area contributed by atoms with E-state index in [-0.39, 0.29) is 0 Å². The van der Waals surface area contributed by atoms with E-state index in [1.54, 1.807) is 0 Å². The third-order valence-corrected chi connectivity index (χ3v) is 9.15. The van der Waals surface area contributed by atoms with Crippen molar-refractivity contribution in [2.24, 2.45) is 0 Å². The van der Waals surface area contributed by atoms with E-state index in [4.69, 9.17) is 0 Å². The van der Waals surface area contributed by atoms with Gasteiger partial charge in [-0.05, 0) is 35.8 Å². The summed E-state index contributed by atoms with van der Waals surface area (Å²) in [5, 5.41) is 4.56. The van der Waals surface area contributed by atoms with Gasteiger partial charge in [-0.2, -0.15) is 0 Å². The van der Waals surface area contributed by atoms with Crippen molar-refractivity contribution in [3.8, 4) is 0 Å². The monoisotopic (exact) mass is 384 g/mol. The predicted octanol–water partition coefficient (Wildman–Crippen LogP) is 7.69. The quantitative estimate of drug-likeness (QED) is 0.520. The van der Waals surface area contributed by atoms with Crippen molar-refractivity contribution in [3.63, 3.8) is 0 Å². The van der Waals surface area contributed by atoms with E-state index >= 15 is 0 Å². The van der Waals surface area contributed by atoms with Crippen LogP contribution in [0.25, 0.3) is 9.81 Å². The van der Waals surface area contributed by atoms with Gasteiger partial charge in [0.15, 0.2) is 0 Å². The summed E-state index contributed by atoms with van der Waals surface area (Å²) in [5.74, 6) is 0. The molecule has 24 heavy (non-hydrogen) atoms. The Labute approximate surface area is 160 Å². The summed E-state index contributed by atoms with van der Waals surface area (Å²) in [6, 6.07) is 17.6. The van der Waals surface area contributed by atoms with Crippen molar-refractivity contribution in [1.82, 2.24) is 0 Å². The Balaban J connectivity index is 1.48. The molecule has 0 saturated carbocycles. The molecule has 0 N–H and O–H groups in total. The smallest absolute Gasteiger partial charge is 0.0700 e. The zero-order valence-electron chi connectivity index (χ0n) is 13.4. The Kier molecular flexibility index (Phi) is 4.90. The molecule has 0 amide bonds. The Morgan fingerprint density at radius 1 is 0.542 bits per heavy atom. The zero-order valence-corrected chi connectivity index (χ0v) is 16.7. The van der Waals surface area contributed by atoms with Crippen molar-refractivity contribution >= 4 is 56.9 Å². The van der Waals surface area contributed by atoms with E-state index in [1.165, 1.54) is 40.5 Å². The van der Waals surface area contributed by atoms with Gasteiger partial charge in [-0.15, -0.1) is 0 Å². The van der Waals surface area contributed by atoms with Crippen molar-refractivity contribution in [3.05, 3.63) is 90.1 Å². The molecular formula is C20H16S4. The van der Waals surface area contributed by atoms with Gasteiger partial charge in [0, 0.05) is 9.81 Å². The van der Waals surface area contributed by atoms with Crippen molar-refractivity contribution in [2.75, 3.05) is 0 Å². The molecule has 4 rings (SSSR count). The standard InChI is InChI=1S/C20H16S4/c1-13-3-7-15(8-4-13)17-11-21-19(23-17)20-22-12-18(24-20)16-9-5-14(2)6-10-16/h3-12H,1-2H3/b20-19-. The summed E-state index contributed by atoms with van der Waals surface area (Å²) in [7, 11) is 0. The number of thioether (sulfide) groups is 4. The first-order valence-corrected chi connectivity index (χ1v) is 11.1. The molecule has 2 aliphatic rings. The minimum absolute atomic E-state index is 1.31. The molecular weight excluding hydrogens is 368 g/mol. The summed E-state index contributed by atoms with van der Waals surface area (Å²) in [5.41, 5.74) is 5.24. The highest BCUT2D eigenvalue weighted by Gasteiger charge is 2.23. The fourth-order valence-electron chi connectivity index (χ4n) is 2.38. The molecule has 0 radical (unpaired) electrons. The highest BCUT2D eigenvalue weighted by atomic mass is 32.2. The number of rotatable bonds is 2. The number of hydrogen-bond donors (Lipinski definition) is 0. The molecule has 0 unspecified atom stereocenters. The maximum Gasteiger partial charge on any atom is 0.0700 e. The summed E-state index contributed by atoms with van der Waals surface area (Å²) < 4.78 is 2.80. The van der Waals surface area contributed by atoms with Gasteiger partial charge in [-0.3, -0.25) is 0 Å². The van der Waals surface area contributed by atoms with E-state index in [1.807, 2.05) is 47.0 Å². The third kappa shape index (κ3) is 3.52. The van der Waals surface area contributed by atoms with Gasteiger partial charge in [0.05, 0.1) is 8.47 Å². The van der Waals surface area contributed by atoms with Crippen LogP contribution in [0.3, 0.4) is 0 Å². The fourth-order valence-corrected chi connectivity index (χ4v) is 7.31. The largest absolute Gasteiger partial charge is 0.0878 e. The van der Waals surface area contributed by atoms with Gasteiger partial charge in [0.25, 0.3) is 0 Å². The van der Waals surface area contributed by atoms with E-state index in [2.05, 4.69) is 73.2 Å². The molecule has 0 saturated heterocycles. The summed E-state index contributed by atoms with van der Waals surface area (Å²) >= 11 is 7.49. The second-order valence-corrected chi connectivity index (χ2v) is 10.1. The molecule has 2 aromatic rings. The lowest BCUT2D eigenvalue weighted by Gasteiger charge is -2.05. The van der Waals surface area contributed by atoms with Gasteiger partial charge in [-0.1, -0.05) is 107 Å². The Hall–Kier alpha value is -0.940. The van der Waals surface area contributed by atoms with E-state index in [9.17, 15) is 0 Å². The van der Waals surface area contributed by atoms with Crippen LogP contribution in [-0.2, 0) is 0 Å². The highest BCUT2D eigenvalue weighted by molar-refractivity contribution is 8.36. The van der Waals surface area contributed by atoms with E-state index in [0.717, 1.165) is 0 Å².